The third-order valence-electron chi connectivity index (χ3n) is 4.64. The van der Waals surface area contributed by atoms with E-state index in [1.165, 1.54) is 4.57 Å². The van der Waals surface area contributed by atoms with Crippen LogP contribution in [0.25, 0.3) is 17.3 Å². The molecule has 1 N–H and O–H groups in total. The fourth-order valence-electron chi connectivity index (χ4n) is 3.13. The second-order valence-electron chi connectivity index (χ2n) is 6.89. The van der Waals surface area contributed by atoms with Crippen molar-refractivity contribution < 1.29 is 4.79 Å². The van der Waals surface area contributed by atoms with Crippen LogP contribution in [0.15, 0.2) is 88.1 Å². The zero-order chi connectivity index (χ0) is 23.4. The predicted molar refractivity (Wildman–Crippen MR) is 136 cm³/mol. The van der Waals surface area contributed by atoms with E-state index in [1.54, 1.807) is 54.6 Å². The van der Waals surface area contributed by atoms with Gasteiger partial charge in [-0.3, -0.25) is 14.2 Å². The lowest BCUT2D eigenvalue weighted by Crippen LogP contribution is -2.32. The van der Waals surface area contributed by atoms with Crippen molar-refractivity contribution >= 4 is 62.1 Å². The van der Waals surface area contributed by atoms with Gasteiger partial charge in [-0.1, -0.05) is 57.9 Å². The fraction of sp³-hybridized carbons (Fsp3) is 0. The van der Waals surface area contributed by atoms with Crippen molar-refractivity contribution in [3.05, 3.63) is 113 Å². The average molecular weight is 537 g/mol. The molecule has 0 atom stereocenters. The smallest absolute Gasteiger partial charge is 0.273 e. The van der Waals surface area contributed by atoms with Crippen LogP contribution in [0.3, 0.4) is 0 Å². The Balaban J connectivity index is 1.94. The van der Waals surface area contributed by atoms with Crippen LogP contribution >= 0.6 is 38.9 Å². The molecule has 0 fully saturated rings. The van der Waals surface area contributed by atoms with E-state index in [-0.39, 0.29) is 15.8 Å². The lowest BCUT2D eigenvalue weighted by atomic mass is 10.2. The van der Waals surface area contributed by atoms with E-state index >= 15 is 0 Å². The number of amides is 1. The number of rotatable bonds is 4. The van der Waals surface area contributed by atoms with Crippen LogP contribution in [0.1, 0.15) is 5.56 Å². The quantitative estimate of drug-likeness (QED) is 0.419. The number of carbonyl (C=O) groups excluding carboxylic acids is 1. The zero-order valence-electron chi connectivity index (χ0n) is 17.0. The van der Waals surface area contributed by atoms with E-state index < -0.39 is 5.91 Å². The minimum absolute atomic E-state index is 0.162. The number of nitrogens with one attached hydrogen (secondary N) is 1. The van der Waals surface area contributed by atoms with Gasteiger partial charge in [0.15, 0.2) is 5.57 Å². The number of halogens is 2. The Morgan fingerprint density at radius 3 is 2.45 bits per heavy atom. The van der Waals surface area contributed by atoms with Crippen LogP contribution in [0, 0.1) is 11.3 Å². The Morgan fingerprint density at radius 2 is 1.79 bits per heavy atom. The molecule has 1 aromatic heterocycles. The fourth-order valence-corrected chi connectivity index (χ4v) is 4.78. The molecule has 162 valence electrons. The number of aromatic nitrogens is 1. The maximum Gasteiger partial charge on any atom is 0.273 e. The van der Waals surface area contributed by atoms with Gasteiger partial charge in [-0.2, -0.15) is 5.26 Å². The van der Waals surface area contributed by atoms with Crippen LogP contribution in [0.4, 0.5) is 5.69 Å². The Hall–Kier alpha value is -3.44. The Bertz CT molecular complexity index is 1550. The number of carbonyl (C=O) groups is 1. The maximum absolute atomic E-state index is 13.4. The van der Waals surface area contributed by atoms with Crippen molar-refractivity contribution in [3.8, 4) is 11.8 Å². The summed E-state index contributed by atoms with van der Waals surface area (Å²) in [5, 5.41) is 13.1. The number of benzene rings is 3. The average Bonchev–Trinajstić information content (AvgIpc) is 3.12. The van der Waals surface area contributed by atoms with Crippen LogP contribution in [0.2, 0.25) is 5.02 Å². The molecule has 1 amide bonds. The number of anilines is 1. The summed E-state index contributed by atoms with van der Waals surface area (Å²) in [4.78, 5) is 26.4. The minimum Gasteiger partial charge on any atom is -0.321 e. The summed E-state index contributed by atoms with van der Waals surface area (Å²) >= 11 is 10.4. The van der Waals surface area contributed by atoms with Gasteiger partial charge in [0.1, 0.15) is 10.7 Å². The summed E-state index contributed by atoms with van der Waals surface area (Å²) in [5.41, 5.74) is 1.40. The van der Waals surface area contributed by atoms with Gasteiger partial charge in [0.25, 0.3) is 11.5 Å². The summed E-state index contributed by atoms with van der Waals surface area (Å²) in [6.07, 6.45) is 1.74. The molecule has 8 heteroatoms. The molecule has 0 unspecified atom stereocenters. The van der Waals surface area contributed by atoms with Gasteiger partial charge in [-0.25, -0.2) is 0 Å². The first-order valence-electron chi connectivity index (χ1n) is 9.72. The normalized spacial score (nSPS) is 12.2. The highest BCUT2D eigenvalue weighted by Crippen LogP contribution is 2.15. The van der Waals surface area contributed by atoms with Gasteiger partial charge >= 0.3 is 0 Å². The SMILES string of the molecule is N#C/C(C(=O)Nc1ccc(Cl)cc1)=c1\s/c(=C/c2cccc(Br)c2)c(=O)n1-c1ccccc1. The molecule has 5 nitrogen and oxygen atoms in total. The summed E-state index contributed by atoms with van der Waals surface area (Å²) in [7, 11) is 0. The van der Waals surface area contributed by atoms with Crippen molar-refractivity contribution in [2.24, 2.45) is 0 Å². The van der Waals surface area contributed by atoms with Gasteiger partial charge in [0, 0.05) is 15.2 Å². The molecule has 0 spiro atoms. The number of para-hydroxylation sites is 1. The predicted octanol–water partition coefficient (Wildman–Crippen LogP) is 4.46. The molecule has 0 bridgehead atoms. The Morgan fingerprint density at radius 1 is 1.06 bits per heavy atom. The van der Waals surface area contributed by atoms with Crippen LogP contribution in [-0.4, -0.2) is 10.5 Å². The number of thiazole rings is 1. The van der Waals surface area contributed by atoms with Crippen molar-refractivity contribution in [2.45, 2.75) is 0 Å². The molecule has 4 rings (SSSR count). The van der Waals surface area contributed by atoms with E-state index in [0.717, 1.165) is 21.4 Å². The number of hydrogen-bond acceptors (Lipinski definition) is 4. The Labute approximate surface area is 206 Å². The van der Waals surface area contributed by atoms with E-state index in [4.69, 9.17) is 11.6 Å². The molecular formula is C25H15BrClN3O2S. The molecule has 0 aliphatic heterocycles. The largest absolute Gasteiger partial charge is 0.321 e. The van der Waals surface area contributed by atoms with Crippen molar-refractivity contribution in [2.75, 3.05) is 5.32 Å². The maximum atomic E-state index is 13.4. The van der Waals surface area contributed by atoms with Gasteiger partial charge in [-0.05, 0) is 60.2 Å². The summed E-state index contributed by atoms with van der Waals surface area (Å²) in [6.45, 7) is 0. The number of nitrogens with zero attached hydrogens (tertiary/aromatic N) is 2. The lowest BCUT2D eigenvalue weighted by molar-refractivity contribution is -0.111. The Kier molecular flexibility index (Phi) is 6.90. The first kappa shape index (κ1) is 22.7. The number of nitriles is 1. The van der Waals surface area contributed by atoms with Gasteiger partial charge in [-0.15, -0.1) is 11.3 Å². The van der Waals surface area contributed by atoms with Crippen LogP contribution < -0.4 is 20.1 Å². The van der Waals surface area contributed by atoms with Gasteiger partial charge in [0.05, 0.1) is 10.2 Å². The summed E-state index contributed by atoms with van der Waals surface area (Å²) in [6, 6.07) is 25.0. The molecule has 0 saturated carbocycles. The third-order valence-corrected chi connectivity index (χ3v) is 6.48. The summed E-state index contributed by atoms with van der Waals surface area (Å²) < 4.78 is 2.93. The van der Waals surface area contributed by atoms with Crippen molar-refractivity contribution in [3.63, 3.8) is 0 Å². The second-order valence-corrected chi connectivity index (χ2v) is 9.28. The van der Waals surface area contributed by atoms with Crippen LogP contribution in [0.5, 0.6) is 0 Å². The van der Waals surface area contributed by atoms with E-state index in [0.29, 0.717) is 20.9 Å². The number of hydrogen-bond donors (Lipinski definition) is 1. The molecule has 4 aromatic rings. The molecule has 0 saturated heterocycles. The van der Waals surface area contributed by atoms with Gasteiger partial charge in [0.2, 0.25) is 0 Å². The first-order chi connectivity index (χ1) is 16.0. The first-order valence-corrected chi connectivity index (χ1v) is 11.7. The molecule has 0 radical (unpaired) electrons. The van der Waals surface area contributed by atoms with E-state index in [2.05, 4.69) is 21.2 Å². The van der Waals surface area contributed by atoms with Crippen molar-refractivity contribution in [1.29, 1.82) is 5.26 Å². The van der Waals surface area contributed by atoms with Crippen molar-refractivity contribution in [1.82, 2.24) is 4.57 Å². The molecular weight excluding hydrogens is 522 g/mol. The molecule has 0 aliphatic rings. The second kappa shape index (κ2) is 10.0. The van der Waals surface area contributed by atoms with Gasteiger partial charge < -0.3 is 5.32 Å². The highest BCUT2D eigenvalue weighted by Gasteiger charge is 2.17. The minimum atomic E-state index is -0.611. The topological polar surface area (TPSA) is 74.9 Å². The summed E-state index contributed by atoms with van der Waals surface area (Å²) in [5.74, 6) is -0.611. The molecule has 1 heterocycles. The highest BCUT2D eigenvalue weighted by atomic mass is 79.9. The highest BCUT2D eigenvalue weighted by molar-refractivity contribution is 9.10. The molecule has 3 aromatic carbocycles. The zero-order valence-corrected chi connectivity index (χ0v) is 20.1. The third kappa shape index (κ3) is 5.15. The van der Waals surface area contributed by atoms with E-state index in [1.807, 2.05) is 36.4 Å². The standard InChI is InChI=1S/C25H15BrClN3O2S/c26-17-6-4-5-16(13-17)14-22-24(32)30(20-7-2-1-3-8-20)25(33-22)21(15-28)23(31)29-19-11-9-18(27)10-12-19/h1-14H,(H,29,31)/b22-14+,25-21+. The van der Waals surface area contributed by atoms with E-state index in [9.17, 15) is 14.9 Å². The molecule has 0 aliphatic carbocycles. The monoisotopic (exact) mass is 535 g/mol. The lowest BCUT2D eigenvalue weighted by Gasteiger charge is -2.06. The molecule has 33 heavy (non-hydrogen) atoms. The van der Waals surface area contributed by atoms with Crippen LogP contribution in [-0.2, 0) is 4.79 Å².